The summed E-state index contributed by atoms with van der Waals surface area (Å²) in [5, 5.41) is 19.1. The highest BCUT2D eigenvalue weighted by Crippen LogP contribution is 2.37. The van der Waals surface area contributed by atoms with Gasteiger partial charge in [0.05, 0.1) is 13.2 Å². The second-order valence-corrected chi connectivity index (χ2v) is 5.53. The second-order valence-electron chi connectivity index (χ2n) is 5.53. The summed E-state index contributed by atoms with van der Waals surface area (Å²) in [5.74, 6) is 0. The number of hydrogen-bond donors (Lipinski definition) is 2. The summed E-state index contributed by atoms with van der Waals surface area (Å²) in [6.45, 7) is 1.96. The van der Waals surface area contributed by atoms with Crippen molar-refractivity contribution in [3.8, 4) is 5.69 Å². The Labute approximate surface area is 118 Å². The van der Waals surface area contributed by atoms with Crippen LogP contribution < -0.4 is 4.90 Å². The third kappa shape index (κ3) is 1.69. The Kier molecular flexibility index (Phi) is 3.07. The van der Waals surface area contributed by atoms with Gasteiger partial charge in [0, 0.05) is 54.4 Å². The van der Waals surface area contributed by atoms with Gasteiger partial charge in [0.15, 0.2) is 0 Å². The van der Waals surface area contributed by atoms with Crippen molar-refractivity contribution in [1.82, 2.24) is 4.57 Å². The molecule has 0 radical (unpaired) electrons. The van der Waals surface area contributed by atoms with Crippen molar-refractivity contribution in [2.24, 2.45) is 0 Å². The van der Waals surface area contributed by atoms with Crippen molar-refractivity contribution in [2.75, 3.05) is 19.0 Å². The summed E-state index contributed by atoms with van der Waals surface area (Å²) >= 11 is 0. The lowest BCUT2D eigenvalue weighted by atomic mass is 10.0. The zero-order valence-corrected chi connectivity index (χ0v) is 12.1. The van der Waals surface area contributed by atoms with E-state index in [4.69, 9.17) is 0 Å². The van der Waals surface area contributed by atoms with Gasteiger partial charge < -0.3 is 19.7 Å². The van der Waals surface area contributed by atoms with Crippen LogP contribution in [0.4, 0.5) is 5.69 Å². The highest BCUT2D eigenvalue weighted by Gasteiger charge is 2.27. The Balaban J connectivity index is 2.18. The SMILES string of the molecule is Cc1c(CO)c(CO)c2n1-c1ccc(N(C)C)cc1C2. The molecule has 2 N–H and O–H groups in total. The van der Waals surface area contributed by atoms with Gasteiger partial charge in [-0.05, 0) is 30.7 Å². The van der Waals surface area contributed by atoms with E-state index >= 15 is 0 Å². The van der Waals surface area contributed by atoms with E-state index in [-0.39, 0.29) is 13.2 Å². The van der Waals surface area contributed by atoms with Gasteiger partial charge in [-0.15, -0.1) is 0 Å². The highest BCUT2D eigenvalue weighted by atomic mass is 16.3. The minimum Gasteiger partial charge on any atom is -0.392 e. The predicted molar refractivity (Wildman–Crippen MR) is 79.5 cm³/mol. The van der Waals surface area contributed by atoms with Crippen LogP contribution in [-0.2, 0) is 19.6 Å². The Bertz CT molecular complexity index is 672. The van der Waals surface area contributed by atoms with Crippen LogP contribution in [0.2, 0.25) is 0 Å². The maximum atomic E-state index is 9.62. The fourth-order valence-corrected chi connectivity index (χ4v) is 3.16. The summed E-state index contributed by atoms with van der Waals surface area (Å²) in [6.07, 6.45) is 0.813. The molecule has 2 aromatic rings. The third-order valence-corrected chi connectivity index (χ3v) is 4.25. The number of fused-ring (bicyclic) bond motifs is 3. The number of nitrogens with zero attached hydrogens (tertiary/aromatic N) is 2. The normalized spacial score (nSPS) is 12.4. The van der Waals surface area contributed by atoms with Gasteiger partial charge in [-0.2, -0.15) is 0 Å². The standard InChI is InChI=1S/C16H20N2O2/c1-10-13(8-19)14(9-20)16-7-11-6-12(17(2)3)4-5-15(11)18(10)16/h4-6,19-20H,7-9H2,1-3H3. The first kappa shape index (κ1) is 13.2. The van der Waals surface area contributed by atoms with Crippen LogP contribution in [0.5, 0.6) is 0 Å². The molecule has 1 aromatic carbocycles. The molecule has 4 nitrogen and oxygen atoms in total. The Morgan fingerprint density at radius 2 is 1.85 bits per heavy atom. The Morgan fingerprint density at radius 3 is 2.45 bits per heavy atom. The van der Waals surface area contributed by atoms with Gasteiger partial charge in [0.1, 0.15) is 0 Å². The van der Waals surface area contributed by atoms with E-state index in [0.717, 1.165) is 34.6 Å². The van der Waals surface area contributed by atoms with E-state index in [1.165, 1.54) is 11.3 Å². The third-order valence-electron chi connectivity index (χ3n) is 4.25. The molecule has 0 saturated carbocycles. The molecule has 1 aliphatic rings. The van der Waals surface area contributed by atoms with Crippen molar-refractivity contribution in [2.45, 2.75) is 26.6 Å². The molecule has 3 rings (SSSR count). The average molecular weight is 272 g/mol. The molecule has 0 atom stereocenters. The molecule has 106 valence electrons. The van der Waals surface area contributed by atoms with E-state index in [2.05, 4.69) is 27.7 Å². The van der Waals surface area contributed by atoms with E-state index in [1.807, 2.05) is 21.0 Å². The maximum Gasteiger partial charge on any atom is 0.0703 e. The van der Waals surface area contributed by atoms with Crippen LogP contribution >= 0.6 is 0 Å². The Morgan fingerprint density at radius 1 is 1.15 bits per heavy atom. The number of hydrogen-bond acceptors (Lipinski definition) is 3. The van der Waals surface area contributed by atoms with Crippen LogP contribution in [0.25, 0.3) is 5.69 Å². The largest absolute Gasteiger partial charge is 0.392 e. The molecule has 20 heavy (non-hydrogen) atoms. The predicted octanol–water partition coefficient (Wildman–Crippen LogP) is 1.74. The molecule has 1 aliphatic heterocycles. The average Bonchev–Trinajstić information content (AvgIpc) is 2.92. The first-order chi connectivity index (χ1) is 9.58. The van der Waals surface area contributed by atoms with E-state index < -0.39 is 0 Å². The number of anilines is 1. The number of aromatic nitrogens is 1. The Hall–Kier alpha value is -1.78. The number of aliphatic hydroxyl groups is 2. The summed E-state index contributed by atoms with van der Waals surface area (Å²) < 4.78 is 2.17. The van der Waals surface area contributed by atoms with Crippen LogP contribution in [0.1, 0.15) is 28.1 Å². The summed E-state index contributed by atoms with van der Waals surface area (Å²) in [4.78, 5) is 2.09. The summed E-state index contributed by atoms with van der Waals surface area (Å²) in [5.41, 5.74) is 7.51. The first-order valence-electron chi connectivity index (χ1n) is 6.82. The molecule has 0 unspecified atom stereocenters. The fraction of sp³-hybridized carbons (Fsp3) is 0.375. The van der Waals surface area contributed by atoms with Gasteiger partial charge in [-0.3, -0.25) is 0 Å². The van der Waals surface area contributed by atoms with Crippen LogP contribution in [-0.4, -0.2) is 28.9 Å². The molecule has 0 amide bonds. The molecular formula is C16H20N2O2. The van der Waals surface area contributed by atoms with Crippen molar-refractivity contribution in [3.05, 3.63) is 46.3 Å². The second kappa shape index (κ2) is 4.65. The van der Waals surface area contributed by atoms with Crippen LogP contribution in [0.3, 0.4) is 0 Å². The molecule has 0 aliphatic carbocycles. The zero-order valence-electron chi connectivity index (χ0n) is 12.1. The molecule has 1 aromatic heterocycles. The van der Waals surface area contributed by atoms with E-state index in [1.54, 1.807) is 0 Å². The monoisotopic (exact) mass is 272 g/mol. The van der Waals surface area contributed by atoms with E-state index in [9.17, 15) is 10.2 Å². The highest BCUT2D eigenvalue weighted by molar-refractivity contribution is 5.62. The van der Waals surface area contributed by atoms with Gasteiger partial charge in [0.25, 0.3) is 0 Å². The van der Waals surface area contributed by atoms with Gasteiger partial charge >= 0.3 is 0 Å². The number of rotatable bonds is 3. The first-order valence-corrected chi connectivity index (χ1v) is 6.82. The molecule has 4 heteroatoms. The summed E-state index contributed by atoms with van der Waals surface area (Å²) in [6, 6.07) is 6.42. The number of benzene rings is 1. The molecule has 0 bridgehead atoms. The molecule has 0 spiro atoms. The lowest BCUT2D eigenvalue weighted by molar-refractivity contribution is 0.260. The fourth-order valence-electron chi connectivity index (χ4n) is 3.16. The van der Waals surface area contributed by atoms with Crippen molar-refractivity contribution in [1.29, 1.82) is 0 Å². The lowest BCUT2D eigenvalue weighted by Crippen LogP contribution is -2.09. The maximum absolute atomic E-state index is 9.62. The van der Waals surface area contributed by atoms with Crippen molar-refractivity contribution in [3.63, 3.8) is 0 Å². The lowest BCUT2D eigenvalue weighted by Gasteiger charge is -2.14. The zero-order chi connectivity index (χ0) is 14.4. The molecule has 0 fully saturated rings. The van der Waals surface area contributed by atoms with Crippen LogP contribution in [0, 0.1) is 6.92 Å². The minimum absolute atomic E-state index is 0.0202. The smallest absolute Gasteiger partial charge is 0.0703 e. The van der Waals surface area contributed by atoms with Gasteiger partial charge in [-0.1, -0.05) is 0 Å². The minimum atomic E-state index is -0.0210. The molecular weight excluding hydrogens is 252 g/mol. The quantitative estimate of drug-likeness (QED) is 0.763. The van der Waals surface area contributed by atoms with Crippen molar-refractivity contribution < 1.29 is 10.2 Å². The molecule has 0 saturated heterocycles. The number of aliphatic hydroxyl groups excluding tert-OH is 2. The summed E-state index contributed by atoms with van der Waals surface area (Å²) in [7, 11) is 4.07. The molecule has 2 heterocycles. The van der Waals surface area contributed by atoms with Gasteiger partial charge in [0.2, 0.25) is 0 Å². The van der Waals surface area contributed by atoms with Gasteiger partial charge in [-0.25, -0.2) is 0 Å². The topological polar surface area (TPSA) is 48.6 Å². The van der Waals surface area contributed by atoms with E-state index in [0.29, 0.717) is 0 Å². The van der Waals surface area contributed by atoms with Crippen molar-refractivity contribution >= 4 is 5.69 Å². The van der Waals surface area contributed by atoms with Crippen LogP contribution in [0.15, 0.2) is 18.2 Å².